The van der Waals surface area contributed by atoms with Gasteiger partial charge in [0.05, 0.1) is 9.83 Å². The number of rotatable bonds is 3. The van der Waals surface area contributed by atoms with Gasteiger partial charge in [-0.3, -0.25) is 4.79 Å². The molecule has 1 atom stereocenters. The van der Waals surface area contributed by atoms with Crippen molar-refractivity contribution in [3.8, 4) is 0 Å². The lowest BCUT2D eigenvalue weighted by Crippen LogP contribution is -2.47. The Bertz CT molecular complexity index is 655. The predicted molar refractivity (Wildman–Crippen MR) is 89.3 cm³/mol. The molecule has 3 nitrogen and oxygen atoms in total. The fraction of sp³-hybridized carbons (Fsp3) is 0.312. The van der Waals surface area contributed by atoms with Crippen molar-refractivity contribution in [1.29, 1.82) is 0 Å². The minimum atomic E-state index is -0.119. The van der Waals surface area contributed by atoms with Gasteiger partial charge in [-0.25, -0.2) is 0 Å². The van der Waals surface area contributed by atoms with E-state index in [0.29, 0.717) is 6.54 Å². The second-order valence-corrected chi connectivity index (χ2v) is 7.65. The van der Waals surface area contributed by atoms with Gasteiger partial charge in [0, 0.05) is 20.1 Å². The van der Waals surface area contributed by atoms with Crippen molar-refractivity contribution in [2.24, 2.45) is 0 Å². The fourth-order valence-electron chi connectivity index (χ4n) is 2.68. The number of likely N-dealkylation sites (N-methyl/N-ethyl adjacent to an activating group) is 1. The van der Waals surface area contributed by atoms with Crippen molar-refractivity contribution in [1.82, 2.24) is 10.2 Å². The second-order valence-electron chi connectivity index (χ2n) is 5.36. The van der Waals surface area contributed by atoms with Gasteiger partial charge in [0.1, 0.15) is 0 Å². The van der Waals surface area contributed by atoms with Gasteiger partial charge in [-0.2, -0.15) is 0 Å². The summed E-state index contributed by atoms with van der Waals surface area (Å²) in [7, 11) is 1.87. The predicted octanol–water partition coefficient (Wildman–Crippen LogP) is 3.18. The van der Waals surface area contributed by atoms with Crippen LogP contribution in [0.2, 0.25) is 0 Å². The maximum absolute atomic E-state index is 12.6. The number of amides is 1. The maximum Gasteiger partial charge on any atom is 0.240 e. The average Bonchev–Trinajstić information content (AvgIpc) is 2.91. The summed E-state index contributed by atoms with van der Waals surface area (Å²) in [4.78, 5) is 14.4. The molecule has 0 radical (unpaired) electrons. The molecule has 1 aliphatic rings. The van der Waals surface area contributed by atoms with Gasteiger partial charge in [-0.05, 0) is 50.5 Å². The number of benzene rings is 1. The van der Waals surface area contributed by atoms with Gasteiger partial charge >= 0.3 is 0 Å². The molecule has 1 amide bonds. The molecule has 2 aromatic rings. The zero-order chi connectivity index (χ0) is 14.8. The number of halogens is 1. The summed E-state index contributed by atoms with van der Waals surface area (Å²) in [6.45, 7) is 1.42. The lowest BCUT2D eigenvalue weighted by molar-refractivity contribution is -0.132. The third-order valence-corrected chi connectivity index (χ3v) is 5.35. The molecule has 2 heterocycles. The summed E-state index contributed by atoms with van der Waals surface area (Å²) in [5.41, 5.74) is 3.74. The Labute approximate surface area is 137 Å². The Morgan fingerprint density at radius 3 is 2.90 bits per heavy atom. The van der Waals surface area contributed by atoms with Crippen LogP contribution in [0.3, 0.4) is 0 Å². The number of nitrogens with zero attached hydrogens (tertiary/aromatic N) is 1. The van der Waals surface area contributed by atoms with Crippen LogP contribution in [0.15, 0.2) is 39.5 Å². The average molecular weight is 365 g/mol. The standard InChI is InChI=1S/C16H17BrN2OS/c1-19(9-11-6-15(17)21-10-11)16(20)14-7-12-4-2-3-5-13(12)8-18-14/h2-6,10,14,18H,7-9H2,1H3. The molecule has 0 fully saturated rings. The zero-order valence-electron chi connectivity index (χ0n) is 11.8. The van der Waals surface area contributed by atoms with E-state index >= 15 is 0 Å². The normalized spacial score (nSPS) is 17.3. The van der Waals surface area contributed by atoms with Crippen molar-refractivity contribution in [3.63, 3.8) is 0 Å². The minimum absolute atomic E-state index is 0.119. The highest BCUT2D eigenvalue weighted by Gasteiger charge is 2.26. The highest BCUT2D eigenvalue weighted by Crippen LogP contribution is 2.22. The number of hydrogen-bond donors (Lipinski definition) is 1. The molecule has 0 saturated carbocycles. The molecule has 1 aromatic heterocycles. The van der Waals surface area contributed by atoms with E-state index in [1.807, 2.05) is 19.2 Å². The van der Waals surface area contributed by atoms with Gasteiger partial charge in [0.25, 0.3) is 0 Å². The van der Waals surface area contributed by atoms with Crippen LogP contribution in [0.25, 0.3) is 0 Å². The van der Waals surface area contributed by atoms with Crippen LogP contribution in [0.5, 0.6) is 0 Å². The lowest BCUT2D eigenvalue weighted by Gasteiger charge is -2.29. The van der Waals surface area contributed by atoms with Crippen LogP contribution < -0.4 is 5.32 Å². The summed E-state index contributed by atoms with van der Waals surface area (Å²) in [6.07, 6.45) is 0.771. The topological polar surface area (TPSA) is 32.3 Å². The number of thiophene rings is 1. The minimum Gasteiger partial charge on any atom is -0.340 e. The summed E-state index contributed by atoms with van der Waals surface area (Å²) >= 11 is 5.10. The van der Waals surface area contributed by atoms with E-state index in [1.54, 1.807) is 16.2 Å². The zero-order valence-corrected chi connectivity index (χ0v) is 14.2. The highest BCUT2D eigenvalue weighted by molar-refractivity contribution is 9.11. The Morgan fingerprint density at radius 2 is 2.19 bits per heavy atom. The van der Waals surface area contributed by atoms with Crippen LogP contribution in [-0.2, 0) is 24.3 Å². The number of carbonyl (C=O) groups excluding carboxylic acids is 1. The monoisotopic (exact) mass is 364 g/mol. The molecule has 5 heteroatoms. The number of nitrogens with one attached hydrogen (secondary N) is 1. The molecular weight excluding hydrogens is 348 g/mol. The van der Waals surface area contributed by atoms with E-state index in [4.69, 9.17) is 0 Å². The van der Waals surface area contributed by atoms with Crippen molar-refractivity contribution >= 4 is 33.2 Å². The first-order valence-electron chi connectivity index (χ1n) is 6.91. The van der Waals surface area contributed by atoms with Gasteiger partial charge in [-0.15, -0.1) is 11.3 Å². The van der Waals surface area contributed by atoms with E-state index in [1.165, 1.54) is 16.7 Å². The second kappa shape index (κ2) is 6.30. The molecule has 110 valence electrons. The van der Waals surface area contributed by atoms with Gasteiger partial charge in [0.2, 0.25) is 5.91 Å². The molecule has 1 aromatic carbocycles. The molecular formula is C16H17BrN2OS. The van der Waals surface area contributed by atoms with E-state index in [0.717, 1.165) is 16.8 Å². The van der Waals surface area contributed by atoms with E-state index < -0.39 is 0 Å². The molecule has 21 heavy (non-hydrogen) atoms. The van der Waals surface area contributed by atoms with E-state index in [2.05, 4.69) is 44.8 Å². The van der Waals surface area contributed by atoms with Crippen molar-refractivity contribution in [3.05, 3.63) is 56.2 Å². The molecule has 1 aliphatic heterocycles. The Kier molecular flexibility index (Phi) is 4.42. The highest BCUT2D eigenvalue weighted by atomic mass is 79.9. The molecule has 1 unspecified atom stereocenters. The van der Waals surface area contributed by atoms with E-state index in [9.17, 15) is 4.79 Å². The fourth-order valence-corrected chi connectivity index (χ4v) is 3.88. The van der Waals surface area contributed by atoms with Crippen molar-refractivity contribution < 1.29 is 4.79 Å². The Morgan fingerprint density at radius 1 is 1.43 bits per heavy atom. The Balaban J connectivity index is 1.66. The van der Waals surface area contributed by atoms with Gasteiger partial charge < -0.3 is 10.2 Å². The third kappa shape index (κ3) is 3.36. The number of fused-ring (bicyclic) bond motifs is 1. The largest absolute Gasteiger partial charge is 0.340 e. The molecule has 0 aliphatic carbocycles. The summed E-state index contributed by atoms with van der Waals surface area (Å²) in [6, 6.07) is 10.3. The first-order valence-corrected chi connectivity index (χ1v) is 8.59. The first kappa shape index (κ1) is 14.8. The molecule has 0 bridgehead atoms. The molecule has 3 rings (SSSR count). The first-order chi connectivity index (χ1) is 10.1. The maximum atomic E-state index is 12.6. The van der Waals surface area contributed by atoms with Gasteiger partial charge in [-0.1, -0.05) is 24.3 Å². The van der Waals surface area contributed by atoms with E-state index in [-0.39, 0.29) is 11.9 Å². The van der Waals surface area contributed by atoms with Crippen LogP contribution in [0.1, 0.15) is 16.7 Å². The Hall–Kier alpha value is -1.17. The van der Waals surface area contributed by atoms with Crippen molar-refractivity contribution in [2.75, 3.05) is 7.05 Å². The summed E-state index contributed by atoms with van der Waals surface area (Å²) in [5.74, 6) is 0.159. The van der Waals surface area contributed by atoms with Crippen LogP contribution in [0.4, 0.5) is 0 Å². The molecule has 0 saturated heterocycles. The summed E-state index contributed by atoms with van der Waals surface area (Å²) in [5, 5.41) is 5.43. The van der Waals surface area contributed by atoms with Crippen LogP contribution in [0, 0.1) is 0 Å². The quantitative estimate of drug-likeness (QED) is 0.906. The number of carbonyl (C=O) groups is 1. The smallest absolute Gasteiger partial charge is 0.240 e. The van der Waals surface area contributed by atoms with Crippen molar-refractivity contribution in [2.45, 2.75) is 25.6 Å². The molecule has 1 N–H and O–H groups in total. The lowest BCUT2D eigenvalue weighted by atomic mass is 9.95. The van der Waals surface area contributed by atoms with Crippen LogP contribution >= 0.6 is 27.3 Å². The SMILES string of the molecule is CN(Cc1csc(Br)c1)C(=O)C1Cc2ccccc2CN1. The van der Waals surface area contributed by atoms with Gasteiger partial charge in [0.15, 0.2) is 0 Å². The van der Waals surface area contributed by atoms with Crippen LogP contribution in [-0.4, -0.2) is 23.9 Å². The third-order valence-electron chi connectivity index (χ3n) is 3.80. The molecule has 0 spiro atoms. The number of hydrogen-bond acceptors (Lipinski definition) is 3. The summed E-state index contributed by atoms with van der Waals surface area (Å²) < 4.78 is 1.10.